The first-order valence-electron chi connectivity index (χ1n) is 18.3. The van der Waals surface area contributed by atoms with Gasteiger partial charge in [-0.1, -0.05) is 12.1 Å². The Morgan fingerprint density at radius 1 is 0.462 bits per heavy atom. The Labute approximate surface area is 316 Å². The fourth-order valence-corrected chi connectivity index (χ4v) is 7.32. The number of ether oxygens (including phenoxy) is 8. The third-order valence-corrected chi connectivity index (χ3v) is 9.95. The van der Waals surface area contributed by atoms with Crippen molar-refractivity contribution < 1.29 is 47.5 Å². The number of amides is 2. The summed E-state index contributed by atoms with van der Waals surface area (Å²) in [4.78, 5) is 33.5. The Bertz CT molecular complexity index is 1250. The van der Waals surface area contributed by atoms with Crippen LogP contribution in [-0.2, 0) is 47.5 Å². The normalized spacial score (nSPS) is 14.6. The van der Waals surface area contributed by atoms with E-state index >= 15 is 0 Å². The Morgan fingerprint density at radius 2 is 0.769 bits per heavy atom. The van der Waals surface area contributed by atoms with E-state index in [-0.39, 0.29) is 11.8 Å². The Morgan fingerprint density at radius 3 is 1.06 bits per heavy atom. The maximum Gasteiger partial charge on any atom is 0.261 e. The third-order valence-electron chi connectivity index (χ3n) is 8.19. The first-order chi connectivity index (χ1) is 25.7. The van der Waals surface area contributed by atoms with E-state index in [0.717, 1.165) is 48.3 Å². The summed E-state index contributed by atoms with van der Waals surface area (Å²) in [6.07, 6.45) is 4.99. The van der Waals surface area contributed by atoms with Gasteiger partial charge in [-0.15, -0.1) is 22.7 Å². The molecule has 2 aliphatic rings. The molecule has 0 saturated carbocycles. The molecule has 290 valence electrons. The number of nitrogens with zero attached hydrogens (tertiary/aromatic N) is 2. The lowest BCUT2D eigenvalue weighted by Crippen LogP contribution is -2.33. The van der Waals surface area contributed by atoms with E-state index in [4.69, 9.17) is 37.9 Å². The molecule has 0 atom stereocenters. The first-order valence-corrected chi connectivity index (χ1v) is 20.1. The van der Waals surface area contributed by atoms with Crippen LogP contribution in [0.3, 0.4) is 0 Å². The third kappa shape index (κ3) is 13.4. The van der Waals surface area contributed by atoms with Gasteiger partial charge < -0.3 is 47.7 Å². The van der Waals surface area contributed by atoms with Crippen LogP contribution >= 0.6 is 22.7 Å². The predicted octanol–water partition coefficient (Wildman–Crippen LogP) is 5.35. The summed E-state index contributed by atoms with van der Waals surface area (Å²) in [6, 6.07) is 7.80. The van der Waals surface area contributed by atoms with Crippen molar-refractivity contribution in [3.05, 3.63) is 55.9 Å². The highest BCUT2D eigenvalue weighted by Crippen LogP contribution is 2.47. The second-order valence-electron chi connectivity index (χ2n) is 12.1. The Kier molecular flexibility index (Phi) is 20.7. The van der Waals surface area contributed by atoms with Gasteiger partial charge in [-0.05, 0) is 61.4 Å². The molecule has 0 bridgehead atoms. The minimum absolute atomic E-state index is 0.174. The second-order valence-corrected chi connectivity index (χ2v) is 14.0. The van der Waals surface area contributed by atoms with Gasteiger partial charge >= 0.3 is 0 Å². The van der Waals surface area contributed by atoms with Gasteiger partial charge in [0.2, 0.25) is 0 Å². The van der Waals surface area contributed by atoms with E-state index in [0.29, 0.717) is 128 Å². The molecule has 0 fully saturated rings. The fraction of sp³-hybridized carbons (Fsp3) is 0.632. The molecule has 52 heavy (non-hydrogen) atoms. The van der Waals surface area contributed by atoms with Gasteiger partial charge in [-0.3, -0.25) is 9.59 Å². The lowest BCUT2D eigenvalue weighted by Gasteiger charge is -2.24. The van der Waals surface area contributed by atoms with Crippen LogP contribution in [0.25, 0.3) is 11.4 Å². The zero-order valence-electron chi connectivity index (χ0n) is 30.8. The van der Waals surface area contributed by atoms with Crippen LogP contribution in [0.15, 0.2) is 46.2 Å². The van der Waals surface area contributed by atoms with E-state index in [1.807, 2.05) is 35.0 Å². The fourth-order valence-electron chi connectivity index (χ4n) is 5.75. The molecule has 2 aromatic heterocycles. The molecule has 2 aliphatic heterocycles. The maximum absolute atomic E-state index is 14.2. The standard InChI is InChI=1S/C38H56N2O10S2/c1-43-15-5-17-45-19-7-21-47-23-9-25-49-27-13-39-35(31-11-3-29-51-31)33-34(37(39)41)36(32-12-4-30-52-32)40(38(33)42)14-28-50-26-10-24-48-22-8-20-46-18-6-16-44-2/h3-4,11-12,29-30H,5-10,13-28H2,1-2H3. The molecule has 12 nitrogen and oxygen atoms in total. The molecule has 0 spiro atoms. The van der Waals surface area contributed by atoms with Crippen LogP contribution < -0.4 is 0 Å². The summed E-state index contributed by atoms with van der Waals surface area (Å²) in [6.45, 7) is 9.09. The van der Waals surface area contributed by atoms with Gasteiger partial charge in [0.05, 0.1) is 45.5 Å². The van der Waals surface area contributed by atoms with Gasteiger partial charge in [-0.25, -0.2) is 0 Å². The van der Waals surface area contributed by atoms with Crippen LogP contribution in [-0.4, -0.2) is 141 Å². The lowest BCUT2D eigenvalue weighted by molar-refractivity contribution is -0.124. The van der Waals surface area contributed by atoms with Crippen LogP contribution in [0.2, 0.25) is 0 Å². The van der Waals surface area contributed by atoms with E-state index in [1.165, 1.54) is 22.7 Å². The molecule has 2 amide bonds. The minimum Gasteiger partial charge on any atom is -0.385 e. The molecule has 14 heteroatoms. The highest BCUT2D eigenvalue weighted by Gasteiger charge is 2.49. The summed E-state index contributed by atoms with van der Waals surface area (Å²) in [5.41, 5.74) is 2.24. The van der Waals surface area contributed by atoms with Crippen LogP contribution in [0, 0.1) is 0 Å². The quantitative estimate of drug-likeness (QED) is 0.0905. The van der Waals surface area contributed by atoms with Gasteiger partial charge in [0.25, 0.3) is 11.8 Å². The van der Waals surface area contributed by atoms with E-state index in [1.54, 1.807) is 24.0 Å². The Balaban J connectivity index is 1.23. The van der Waals surface area contributed by atoms with Crippen LogP contribution in [0.5, 0.6) is 0 Å². The zero-order chi connectivity index (χ0) is 36.6. The molecule has 0 unspecified atom stereocenters. The van der Waals surface area contributed by atoms with Crippen molar-refractivity contribution in [2.24, 2.45) is 0 Å². The summed E-state index contributed by atoms with van der Waals surface area (Å²) < 4.78 is 44.4. The van der Waals surface area contributed by atoms with Gasteiger partial charge in [0.15, 0.2) is 0 Å². The molecule has 4 rings (SSSR count). The van der Waals surface area contributed by atoms with Gasteiger partial charge in [0, 0.05) is 107 Å². The van der Waals surface area contributed by atoms with Gasteiger partial charge in [0.1, 0.15) is 0 Å². The highest BCUT2D eigenvalue weighted by atomic mass is 32.1. The number of fused-ring (bicyclic) bond motifs is 1. The number of methoxy groups -OCH3 is 2. The number of hydrogen-bond donors (Lipinski definition) is 0. The molecule has 0 aliphatic carbocycles. The van der Waals surface area contributed by atoms with Gasteiger partial charge in [-0.2, -0.15) is 0 Å². The topological polar surface area (TPSA) is 114 Å². The van der Waals surface area contributed by atoms with Crippen LogP contribution in [0.1, 0.15) is 48.3 Å². The van der Waals surface area contributed by atoms with Crippen LogP contribution in [0.4, 0.5) is 0 Å². The molecule has 0 radical (unpaired) electrons. The van der Waals surface area contributed by atoms with E-state index in [9.17, 15) is 9.59 Å². The van der Waals surface area contributed by atoms with Crippen molar-refractivity contribution in [2.75, 3.05) is 120 Å². The van der Waals surface area contributed by atoms with E-state index < -0.39 is 0 Å². The summed E-state index contributed by atoms with van der Waals surface area (Å²) in [5, 5.41) is 3.93. The number of thiophene rings is 2. The van der Waals surface area contributed by atoms with Crippen molar-refractivity contribution in [1.82, 2.24) is 9.80 Å². The molecule has 0 aromatic carbocycles. The zero-order valence-corrected chi connectivity index (χ0v) is 32.4. The first kappa shape index (κ1) is 42.2. The largest absolute Gasteiger partial charge is 0.385 e. The Hall–Kier alpha value is -2.50. The maximum atomic E-state index is 14.2. The molecule has 0 N–H and O–H groups in total. The number of carbonyl (C=O) groups excluding carboxylic acids is 2. The van der Waals surface area contributed by atoms with Crippen molar-refractivity contribution in [3.8, 4) is 0 Å². The highest BCUT2D eigenvalue weighted by molar-refractivity contribution is 7.11. The van der Waals surface area contributed by atoms with Crippen molar-refractivity contribution in [2.45, 2.75) is 38.5 Å². The second kappa shape index (κ2) is 25.5. The molecule has 0 saturated heterocycles. The monoisotopic (exact) mass is 764 g/mol. The van der Waals surface area contributed by atoms with Crippen molar-refractivity contribution in [1.29, 1.82) is 0 Å². The molecule has 4 heterocycles. The van der Waals surface area contributed by atoms with Crippen molar-refractivity contribution in [3.63, 3.8) is 0 Å². The van der Waals surface area contributed by atoms with Crippen molar-refractivity contribution >= 4 is 45.9 Å². The molecular formula is C38H56N2O10S2. The smallest absolute Gasteiger partial charge is 0.261 e. The summed E-state index contributed by atoms with van der Waals surface area (Å²) in [7, 11) is 3.38. The summed E-state index contributed by atoms with van der Waals surface area (Å²) >= 11 is 3.03. The summed E-state index contributed by atoms with van der Waals surface area (Å²) in [5.74, 6) is -0.347. The molecule has 2 aromatic rings. The number of hydrogen-bond acceptors (Lipinski definition) is 12. The average molecular weight is 765 g/mol. The minimum atomic E-state index is -0.174. The predicted molar refractivity (Wildman–Crippen MR) is 202 cm³/mol. The average Bonchev–Trinajstić information content (AvgIpc) is 3.97. The number of carbonyl (C=O) groups is 2. The SMILES string of the molecule is COCCCOCCCOCCCOCCN1C(=O)C2=C(c3cccs3)N(CCOCCCOCCCOCCCOC)C(=O)C2=C1c1cccs1. The lowest BCUT2D eigenvalue weighted by atomic mass is 10.1. The number of rotatable bonds is 32. The molecular weight excluding hydrogens is 709 g/mol. The van der Waals surface area contributed by atoms with E-state index in [2.05, 4.69) is 0 Å².